The predicted octanol–water partition coefficient (Wildman–Crippen LogP) is 11.9. The van der Waals surface area contributed by atoms with Crippen LogP contribution in [0, 0.1) is 0 Å². The molecule has 210 valence electrons. The van der Waals surface area contributed by atoms with Gasteiger partial charge in [-0.1, -0.05) is 109 Å². The van der Waals surface area contributed by atoms with Crippen LogP contribution in [0.15, 0.2) is 157 Å². The fourth-order valence-corrected chi connectivity index (χ4v) is 7.59. The van der Waals surface area contributed by atoms with E-state index in [2.05, 4.69) is 0 Å². The molecule has 0 radical (unpaired) electrons. The molecule has 0 saturated carbocycles. The highest BCUT2D eigenvalue weighted by atomic mass is 32.1. The Balaban J connectivity index is 1.37. The number of nitrogens with zero attached hydrogens (tertiary/aromatic N) is 2. The molecule has 0 fully saturated rings. The Bertz CT molecular complexity index is 3470. The van der Waals surface area contributed by atoms with Gasteiger partial charge in [0.25, 0.3) is 0 Å². The molecule has 45 heavy (non-hydrogen) atoms. The Morgan fingerprint density at radius 2 is 1.18 bits per heavy atom. The minimum Gasteiger partial charge on any atom is -0.309 e. The SMILES string of the molecule is [2H]c1c([2H])c(-n2c3ccccc3c3cc(-n4c5c([2H])c([2H])c([2H])c([2H])c5c5c([2H])c([2H])c([2H])c([2H])c54)ccc32)c2c(sc3c(-c4ccccc4)c([2H])c([2H])c([2H])c32)c1[2H]. The molecule has 0 aliphatic carbocycles. The van der Waals surface area contributed by atoms with Crippen LogP contribution in [0.2, 0.25) is 0 Å². The molecule has 0 saturated heterocycles. The van der Waals surface area contributed by atoms with Crippen molar-refractivity contribution in [3.05, 3.63) is 157 Å². The Kier molecular flexibility index (Phi) is 3.12. The summed E-state index contributed by atoms with van der Waals surface area (Å²) in [5.74, 6) is 0. The Hall–Kier alpha value is -5.64. The Morgan fingerprint density at radius 1 is 0.489 bits per heavy atom. The molecule has 10 aromatic rings. The lowest BCUT2D eigenvalue weighted by Gasteiger charge is -2.12. The molecule has 3 heterocycles. The van der Waals surface area contributed by atoms with Gasteiger partial charge in [-0.05, 0) is 59.6 Å². The summed E-state index contributed by atoms with van der Waals surface area (Å²) in [6.07, 6.45) is 0. The number of rotatable bonds is 3. The van der Waals surface area contributed by atoms with Gasteiger partial charge in [-0.15, -0.1) is 11.3 Å². The second kappa shape index (κ2) is 9.43. The summed E-state index contributed by atoms with van der Waals surface area (Å²) in [7, 11) is 0. The van der Waals surface area contributed by atoms with E-state index in [9.17, 15) is 2.74 Å². The summed E-state index contributed by atoms with van der Waals surface area (Å²) in [6.45, 7) is 0. The van der Waals surface area contributed by atoms with E-state index in [-0.39, 0.29) is 69.1 Å². The highest BCUT2D eigenvalue weighted by molar-refractivity contribution is 7.26. The van der Waals surface area contributed by atoms with Gasteiger partial charge in [0.05, 0.1) is 46.9 Å². The number of hydrogen-bond acceptors (Lipinski definition) is 1. The number of thiophene rings is 1. The first kappa shape index (κ1) is 14.9. The second-order valence-corrected chi connectivity index (χ2v) is 11.7. The minimum atomic E-state index is -0.540. The average Bonchev–Trinajstić information content (AvgIpc) is 3.91. The van der Waals surface area contributed by atoms with Crippen LogP contribution in [-0.2, 0) is 0 Å². The van der Waals surface area contributed by atoms with Gasteiger partial charge in [-0.2, -0.15) is 0 Å². The van der Waals surface area contributed by atoms with Crippen LogP contribution in [0.1, 0.15) is 19.2 Å². The van der Waals surface area contributed by atoms with Crippen molar-refractivity contribution >= 4 is 75.1 Å². The molecule has 0 aliphatic rings. The Morgan fingerprint density at radius 3 is 2.00 bits per heavy atom. The molecule has 0 amide bonds. The van der Waals surface area contributed by atoms with Crippen LogP contribution in [0.25, 0.3) is 86.3 Å². The summed E-state index contributed by atoms with van der Waals surface area (Å²) in [6, 6.07) is 16.1. The number of para-hydroxylation sites is 3. The molecule has 0 spiro atoms. The quantitative estimate of drug-likeness (QED) is 0.190. The molecule has 0 aliphatic heterocycles. The number of aromatic nitrogens is 2. The zero-order chi connectivity index (χ0) is 41.7. The van der Waals surface area contributed by atoms with Gasteiger partial charge in [0, 0.05) is 47.4 Å². The predicted molar refractivity (Wildman–Crippen MR) is 193 cm³/mol. The van der Waals surface area contributed by atoms with Crippen molar-refractivity contribution in [1.82, 2.24) is 9.13 Å². The van der Waals surface area contributed by atoms with Crippen molar-refractivity contribution in [2.24, 2.45) is 0 Å². The van der Waals surface area contributed by atoms with Crippen molar-refractivity contribution in [1.29, 1.82) is 0 Å². The van der Waals surface area contributed by atoms with Gasteiger partial charge >= 0.3 is 0 Å². The molecule has 0 N–H and O–H groups in total. The van der Waals surface area contributed by atoms with E-state index < -0.39 is 48.3 Å². The fraction of sp³-hybridized carbons (Fsp3) is 0. The lowest BCUT2D eigenvalue weighted by atomic mass is 10.0. The first-order valence-electron chi connectivity index (χ1n) is 21.2. The maximum Gasteiger partial charge on any atom is 0.0645 e. The fourth-order valence-electron chi connectivity index (χ4n) is 6.46. The Labute approximate surface area is 283 Å². The zero-order valence-corrected chi connectivity index (χ0v) is 24.0. The van der Waals surface area contributed by atoms with Crippen molar-refractivity contribution in [2.75, 3.05) is 0 Å². The monoisotopic (exact) mass is 604 g/mol. The van der Waals surface area contributed by atoms with Gasteiger partial charge in [-0.25, -0.2) is 0 Å². The summed E-state index contributed by atoms with van der Waals surface area (Å²) in [5.41, 5.74) is 2.68. The van der Waals surface area contributed by atoms with Crippen molar-refractivity contribution in [3.8, 4) is 22.5 Å². The average molecular weight is 605 g/mol. The molecule has 2 nitrogen and oxygen atoms in total. The lowest BCUT2D eigenvalue weighted by Crippen LogP contribution is -1.96. The van der Waals surface area contributed by atoms with Gasteiger partial charge in [0.15, 0.2) is 0 Å². The van der Waals surface area contributed by atoms with E-state index >= 15 is 0 Å². The summed E-state index contributed by atoms with van der Waals surface area (Å²) >= 11 is 1.15. The molecule has 3 heteroatoms. The van der Waals surface area contributed by atoms with E-state index in [4.69, 9.17) is 16.4 Å². The van der Waals surface area contributed by atoms with E-state index in [0.717, 1.165) is 11.3 Å². The van der Waals surface area contributed by atoms with E-state index in [1.165, 1.54) is 4.57 Å². The van der Waals surface area contributed by atoms with Crippen LogP contribution in [-0.4, -0.2) is 9.13 Å². The van der Waals surface area contributed by atoms with Crippen LogP contribution in [0.5, 0.6) is 0 Å². The normalized spacial score (nSPS) is 16.4. The number of benzene rings is 7. The van der Waals surface area contributed by atoms with E-state index in [1.54, 1.807) is 22.8 Å². The summed E-state index contributed by atoms with van der Waals surface area (Å²) < 4.78 is 128. The first-order chi connectivity index (χ1) is 28.2. The molecule has 0 atom stereocenters. The molecule has 7 aromatic carbocycles. The minimum absolute atomic E-state index is 0.0250. The van der Waals surface area contributed by atoms with Crippen LogP contribution in [0.3, 0.4) is 0 Å². The van der Waals surface area contributed by atoms with Crippen molar-refractivity contribution in [3.63, 3.8) is 0 Å². The third kappa shape index (κ3) is 3.50. The molecule has 0 unspecified atom stereocenters. The van der Waals surface area contributed by atoms with E-state index in [1.807, 2.05) is 54.6 Å². The van der Waals surface area contributed by atoms with Crippen LogP contribution in [0.4, 0.5) is 0 Å². The molecular formula is C42H26N2S. The molecule has 3 aromatic heterocycles. The highest BCUT2D eigenvalue weighted by Crippen LogP contribution is 2.44. The van der Waals surface area contributed by atoms with E-state index in [0.29, 0.717) is 53.4 Å². The highest BCUT2D eigenvalue weighted by Gasteiger charge is 2.19. The maximum absolute atomic E-state index is 9.43. The number of hydrogen-bond donors (Lipinski definition) is 0. The standard InChI is InChI=1S/C42H26N2S/c1-2-12-27(13-3-1)29-17-10-18-33-41-39(22-11-23-40(41)45-42(29)33)44-37-21-9-6-16-32(37)34-26-28(24-25-38(34)44)43-35-19-7-4-14-30(35)31-15-5-8-20-36(31)43/h1-26H/i4D,5D,7D,8D,10D,11D,14D,15D,17D,18D,19D,20D,22D,23D. The van der Waals surface area contributed by atoms with Crippen LogP contribution >= 0.6 is 11.3 Å². The van der Waals surface area contributed by atoms with Gasteiger partial charge in [0.1, 0.15) is 0 Å². The third-order valence-corrected chi connectivity index (χ3v) is 9.46. The van der Waals surface area contributed by atoms with Crippen LogP contribution < -0.4 is 0 Å². The smallest absolute Gasteiger partial charge is 0.0645 e. The van der Waals surface area contributed by atoms with Gasteiger partial charge in [0.2, 0.25) is 0 Å². The molecular weight excluding hydrogens is 565 g/mol. The topological polar surface area (TPSA) is 9.86 Å². The molecule has 0 bridgehead atoms. The second-order valence-electron chi connectivity index (χ2n) is 10.7. The summed E-state index contributed by atoms with van der Waals surface area (Å²) in [4.78, 5) is 0. The molecule has 10 rings (SSSR count). The number of fused-ring (bicyclic) bond motifs is 9. The largest absolute Gasteiger partial charge is 0.309 e. The van der Waals surface area contributed by atoms with Gasteiger partial charge < -0.3 is 9.13 Å². The third-order valence-electron chi connectivity index (χ3n) is 8.34. The maximum atomic E-state index is 9.43. The van der Waals surface area contributed by atoms with Crippen molar-refractivity contribution < 1.29 is 19.2 Å². The lowest BCUT2D eigenvalue weighted by molar-refractivity contribution is 1.17. The van der Waals surface area contributed by atoms with Gasteiger partial charge in [-0.3, -0.25) is 0 Å². The van der Waals surface area contributed by atoms with Crippen molar-refractivity contribution in [2.45, 2.75) is 0 Å². The zero-order valence-electron chi connectivity index (χ0n) is 37.2. The summed E-state index contributed by atoms with van der Waals surface area (Å²) in [5, 5.41) is 1.79. The first-order valence-corrected chi connectivity index (χ1v) is 15.0.